The molecule has 0 unspecified atom stereocenters. The second-order valence-corrected chi connectivity index (χ2v) is 6.95. The zero-order valence-corrected chi connectivity index (χ0v) is 14.3. The number of ether oxygens (including phenoxy) is 1. The van der Waals surface area contributed by atoms with Crippen LogP contribution in [0.15, 0.2) is 6.07 Å². The molecule has 0 radical (unpaired) electrons. The molecule has 2 heterocycles. The predicted octanol–water partition coefficient (Wildman–Crippen LogP) is 2.81. The standard InChI is InChI=1S/C17H29N3O/c1-12(2)18-10-15-13(3)9-14(4)19-16(15)20-7-8-21-17(5,6)11-20/h9,12,18H,7-8,10-11H2,1-6H3. The maximum Gasteiger partial charge on any atom is 0.133 e. The molecule has 1 aliphatic heterocycles. The lowest BCUT2D eigenvalue weighted by atomic mass is 10.0. The van der Waals surface area contributed by atoms with Crippen LogP contribution in [0.25, 0.3) is 0 Å². The van der Waals surface area contributed by atoms with Gasteiger partial charge in [0.2, 0.25) is 0 Å². The summed E-state index contributed by atoms with van der Waals surface area (Å²) in [5, 5.41) is 3.52. The lowest BCUT2D eigenvalue weighted by Gasteiger charge is -2.40. The van der Waals surface area contributed by atoms with Crippen molar-refractivity contribution in [1.29, 1.82) is 0 Å². The van der Waals surface area contributed by atoms with E-state index in [1.807, 2.05) is 0 Å². The van der Waals surface area contributed by atoms with Crippen molar-refractivity contribution in [3.63, 3.8) is 0 Å². The molecule has 0 amide bonds. The van der Waals surface area contributed by atoms with Crippen molar-refractivity contribution in [2.24, 2.45) is 0 Å². The van der Waals surface area contributed by atoms with Gasteiger partial charge >= 0.3 is 0 Å². The van der Waals surface area contributed by atoms with Crippen molar-refractivity contribution < 1.29 is 4.74 Å². The third-order valence-corrected chi connectivity index (χ3v) is 3.87. The highest BCUT2D eigenvalue weighted by atomic mass is 16.5. The lowest BCUT2D eigenvalue weighted by molar-refractivity contribution is -0.0279. The van der Waals surface area contributed by atoms with E-state index in [2.05, 4.69) is 57.8 Å². The van der Waals surface area contributed by atoms with Gasteiger partial charge in [0.25, 0.3) is 0 Å². The highest BCUT2D eigenvalue weighted by Gasteiger charge is 2.29. The summed E-state index contributed by atoms with van der Waals surface area (Å²) in [6.07, 6.45) is 0. The Balaban J connectivity index is 2.32. The second kappa shape index (κ2) is 6.32. The Kier molecular flexibility index (Phi) is 4.89. The molecular formula is C17H29N3O. The topological polar surface area (TPSA) is 37.4 Å². The van der Waals surface area contributed by atoms with E-state index in [9.17, 15) is 0 Å². The number of nitrogens with one attached hydrogen (secondary N) is 1. The summed E-state index contributed by atoms with van der Waals surface area (Å²) in [5.74, 6) is 1.12. The van der Waals surface area contributed by atoms with E-state index in [1.54, 1.807) is 0 Å². The Labute approximate surface area is 128 Å². The SMILES string of the molecule is Cc1cc(C)c(CNC(C)C)c(N2CCOC(C)(C)C2)n1. The lowest BCUT2D eigenvalue weighted by Crippen LogP contribution is -2.49. The molecule has 1 aromatic rings. The average molecular weight is 291 g/mol. The molecule has 1 N–H and O–H groups in total. The quantitative estimate of drug-likeness (QED) is 0.925. The molecule has 2 rings (SSSR count). The Bertz CT molecular complexity index is 497. The first-order chi connectivity index (χ1) is 9.78. The van der Waals surface area contributed by atoms with Gasteiger partial charge in [-0.2, -0.15) is 0 Å². The molecule has 0 spiro atoms. The van der Waals surface area contributed by atoms with Crippen molar-refractivity contribution in [3.8, 4) is 0 Å². The first kappa shape index (κ1) is 16.2. The zero-order valence-electron chi connectivity index (χ0n) is 14.3. The molecule has 1 aliphatic rings. The van der Waals surface area contributed by atoms with Gasteiger partial charge in [0.1, 0.15) is 5.82 Å². The maximum absolute atomic E-state index is 5.83. The summed E-state index contributed by atoms with van der Waals surface area (Å²) < 4.78 is 5.83. The molecule has 1 fully saturated rings. The molecule has 4 heteroatoms. The third-order valence-electron chi connectivity index (χ3n) is 3.87. The smallest absolute Gasteiger partial charge is 0.133 e. The van der Waals surface area contributed by atoms with Crippen LogP contribution >= 0.6 is 0 Å². The molecule has 1 aromatic heterocycles. The largest absolute Gasteiger partial charge is 0.372 e. The van der Waals surface area contributed by atoms with Gasteiger partial charge in [-0.05, 0) is 39.3 Å². The van der Waals surface area contributed by atoms with E-state index < -0.39 is 0 Å². The fraction of sp³-hybridized carbons (Fsp3) is 0.706. The van der Waals surface area contributed by atoms with Gasteiger partial charge in [-0.3, -0.25) is 0 Å². The van der Waals surface area contributed by atoms with Crippen molar-refractivity contribution in [1.82, 2.24) is 10.3 Å². The minimum atomic E-state index is -0.111. The normalized spacial score (nSPS) is 18.3. The molecule has 0 saturated carbocycles. The fourth-order valence-corrected chi connectivity index (χ4v) is 2.83. The number of nitrogens with zero attached hydrogens (tertiary/aromatic N) is 2. The number of aryl methyl sites for hydroxylation is 2. The van der Waals surface area contributed by atoms with E-state index in [0.717, 1.165) is 37.8 Å². The highest BCUT2D eigenvalue weighted by Crippen LogP contribution is 2.27. The van der Waals surface area contributed by atoms with Crippen LogP contribution < -0.4 is 10.2 Å². The Morgan fingerprint density at radius 3 is 2.71 bits per heavy atom. The maximum atomic E-state index is 5.83. The zero-order chi connectivity index (χ0) is 15.6. The molecule has 118 valence electrons. The van der Waals surface area contributed by atoms with Gasteiger partial charge in [0.05, 0.1) is 12.2 Å². The summed E-state index contributed by atoms with van der Waals surface area (Å²) in [4.78, 5) is 7.21. The average Bonchev–Trinajstić information content (AvgIpc) is 2.35. The van der Waals surface area contributed by atoms with Gasteiger partial charge in [-0.25, -0.2) is 4.98 Å². The number of rotatable bonds is 4. The van der Waals surface area contributed by atoms with Crippen LogP contribution in [-0.4, -0.2) is 36.3 Å². The summed E-state index contributed by atoms with van der Waals surface area (Å²) in [6, 6.07) is 2.64. The van der Waals surface area contributed by atoms with Gasteiger partial charge < -0.3 is 15.0 Å². The van der Waals surface area contributed by atoms with Gasteiger partial charge in [-0.1, -0.05) is 13.8 Å². The number of hydrogen-bond acceptors (Lipinski definition) is 4. The highest BCUT2D eigenvalue weighted by molar-refractivity contribution is 5.52. The summed E-state index contributed by atoms with van der Waals surface area (Å²) in [5.41, 5.74) is 3.60. The molecule has 4 nitrogen and oxygen atoms in total. The molecule has 0 bridgehead atoms. The van der Waals surface area contributed by atoms with E-state index in [-0.39, 0.29) is 5.60 Å². The Morgan fingerprint density at radius 1 is 1.38 bits per heavy atom. The molecule has 0 atom stereocenters. The van der Waals surface area contributed by atoms with Crippen LogP contribution in [0, 0.1) is 13.8 Å². The fourth-order valence-electron chi connectivity index (χ4n) is 2.83. The van der Waals surface area contributed by atoms with Crippen molar-refractivity contribution in [2.75, 3.05) is 24.6 Å². The predicted molar refractivity (Wildman–Crippen MR) is 87.9 cm³/mol. The summed E-state index contributed by atoms with van der Waals surface area (Å²) >= 11 is 0. The van der Waals surface area contributed by atoms with Crippen LogP contribution in [0.4, 0.5) is 5.82 Å². The molecule has 0 aliphatic carbocycles. The third kappa shape index (κ3) is 4.17. The first-order valence-corrected chi connectivity index (χ1v) is 7.88. The molecule has 1 saturated heterocycles. The van der Waals surface area contributed by atoms with E-state index in [4.69, 9.17) is 9.72 Å². The van der Waals surface area contributed by atoms with Crippen LogP contribution in [0.1, 0.15) is 44.5 Å². The van der Waals surface area contributed by atoms with Crippen molar-refractivity contribution >= 4 is 5.82 Å². The number of morpholine rings is 1. The van der Waals surface area contributed by atoms with Crippen LogP contribution in [0.3, 0.4) is 0 Å². The Morgan fingerprint density at radius 2 is 2.10 bits per heavy atom. The minimum absolute atomic E-state index is 0.111. The van der Waals surface area contributed by atoms with Gasteiger partial charge in [-0.15, -0.1) is 0 Å². The summed E-state index contributed by atoms with van der Waals surface area (Å²) in [7, 11) is 0. The number of aromatic nitrogens is 1. The van der Waals surface area contributed by atoms with E-state index in [1.165, 1.54) is 11.1 Å². The summed E-state index contributed by atoms with van der Waals surface area (Å²) in [6.45, 7) is 16.3. The first-order valence-electron chi connectivity index (χ1n) is 7.88. The number of pyridine rings is 1. The second-order valence-electron chi connectivity index (χ2n) is 6.95. The van der Waals surface area contributed by atoms with Crippen molar-refractivity contribution in [3.05, 3.63) is 22.9 Å². The minimum Gasteiger partial charge on any atom is -0.372 e. The molecule has 21 heavy (non-hydrogen) atoms. The number of hydrogen-bond donors (Lipinski definition) is 1. The monoisotopic (exact) mass is 291 g/mol. The van der Waals surface area contributed by atoms with Crippen LogP contribution in [-0.2, 0) is 11.3 Å². The van der Waals surface area contributed by atoms with E-state index in [0.29, 0.717) is 6.04 Å². The van der Waals surface area contributed by atoms with Gasteiger partial charge in [0.15, 0.2) is 0 Å². The molecule has 0 aromatic carbocycles. The Hall–Kier alpha value is -1.13. The van der Waals surface area contributed by atoms with Crippen molar-refractivity contribution in [2.45, 2.75) is 59.7 Å². The van der Waals surface area contributed by atoms with Gasteiger partial charge in [0, 0.05) is 36.9 Å². The molecular weight excluding hydrogens is 262 g/mol. The van der Waals surface area contributed by atoms with E-state index >= 15 is 0 Å². The van der Waals surface area contributed by atoms with Crippen LogP contribution in [0.2, 0.25) is 0 Å². The van der Waals surface area contributed by atoms with Crippen LogP contribution in [0.5, 0.6) is 0 Å². The number of anilines is 1.